The van der Waals surface area contributed by atoms with Gasteiger partial charge in [0.05, 0.1) is 6.61 Å². The summed E-state index contributed by atoms with van der Waals surface area (Å²) in [5.74, 6) is 1.45. The third-order valence-electron chi connectivity index (χ3n) is 4.02. The maximum Gasteiger partial charge on any atom is 0.248 e. The van der Waals surface area contributed by atoms with Gasteiger partial charge in [-0.15, -0.1) is 0 Å². The predicted molar refractivity (Wildman–Crippen MR) is 96.6 cm³/mol. The lowest BCUT2D eigenvalue weighted by atomic mass is 10.0. The maximum absolute atomic E-state index is 6.01. The van der Waals surface area contributed by atoms with Crippen LogP contribution in [0.4, 0.5) is 5.95 Å². The second-order valence-corrected chi connectivity index (χ2v) is 6.04. The van der Waals surface area contributed by atoms with E-state index in [4.69, 9.17) is 16.3 Å². The minimum Gasteiger partial charge on any atom is -0.494 e. The molecule has 0 bridgehead atoms. The standard InChI is InChI=1S/C18H16ClN5O/c1-2-25-15-9-5-12(6-10-15)16-11-17(13-3-7-14(19)8-4-13)24-18(20-16)21-22-23-24/h3-11,17H,2H2,1H3,(H,20,21,23)/t17-/m1/s1. The molecule has 4 rings (SSSR count). The number of halogens is 1. The second kappa shape index (κ2) is 6.57. The Bertz CT molecular complexity index is 902. The molecule has 25 heavy (non-hydrogen) atoms. The Balaban J connectivity index is 1.72. The third-order valence-corrected chi connectivity index (χ3v) is 4.27. The monoisotopic (exact) mass is 353 g/mol. The van der Waals surface area contributed by atoms with Crippen LogP contribution in [-0.2, 0) is 0 Å². The van der Waals surface area contributed by atoms with E-state index in [1.807, 2.05) is 55.5 Å². The van der Waals surface area contributed by atoms with Gasteiger partial charge in [-0.2, -0.15) is 4.68 Å². The Hall–Kier alpha value is -2.86. The number of tetrazole rings is 1. The highest BCUT2D eigenvalue weighted by atomic mass is 35.5. The van der Waals surface area contributed by atoms with Gasteiger partial charge in [-0.1, -0.05) is 28.8 Å². The number of fused-ring (bicyclic) bond motifs is 1. The molecule has 7 heteroatoms. The molecule has 3 aromatic rings. The van der Waals surface area contributed by atoms with Gasteiger partial charge < -0.3 is 10.1 Å². The minimum absolute atomic E-state index is 0.106. The molecule has 6 nitrogen and oxygen atoms in total. The van der Waals surface area contributed by atoms with Gasteiger partial charge in [0.1, 0.15) is 11.8 Å². The topological polar surface area (TPSA) is 64.9 Å². The van der Waals surface area contributed by atoms with Gasteiger partial charge in [0.25, 0.3) is 0 Å². The van der Waals surface area contributed by atoms with Gasteiger partial charge in [-0.25, -0.2) is 0 Å². The van der Waals surface area contributed by atoms with Crippen LogP contribution in [0.5, 0.6) is 5.75 Å². The van der Waals surface area contributed by atoms with Gasteiger partial charge in [0.2, 0.25) is 5.95 Å². The Morgan fingerprint density at radius 3 is 2.60 bits per heavy atom. The highest BCUT2D eigenvalue weighted by Crippen LogP contribution is 2.32. The molecule has 1 aliphatic heterocycles. The van der Waals surface area contributed by atoms with Crippen LogP contribution in [0.2, 0.25) is 5.02 Å². The SMILES string of the molecule is CCOc1ccc(C2=C[C@H](c3ccc(Cl)cc3)n3nnnc3N2)cc1. The predicted octanol–water partition coefficient (Wildman–Crippen LogP) is 3.78. The molecular weight excluding hydrogens is 338 g/mol. The molecule has 0 spiro atoms. The number of hydrogen-bond acceptors (Lipinski definition) is 5. The van der Waals surface area contributed by atoms with Gasteiger partial charge in [-0.3, -0.25) is 0 Å². The summed E-state index contributed by atoms with van der Waals surface area (Å²) in [6.45, 7) is 2.61. The minimum atomic E-state index is -0.106. The molecule has 1 atom stereocenters. The molecule has 0 saturated heterocycles. The molecule has 2 heterocycles. The fourth-order valence-electron chi connectivity index (χ4n) is 2.82. The molecule has 1 N–H and O–H groups in total. The van der Waals surface area contributed by atoms with E-state index in [1.165, 1.54) is 0 Å². The first-order valence-electron chi connectivity index (χ1n) is 8.00. The van der Waals surface area contributed by atoms with Crippen LogP contribution < -0.4 is 10.1 Å². The quantitative estimate of drug-likeness (QED) is 0.773. The lowest BCUT2D eigenvalue weighted by Crippen LogP contribution is -2.20. The molecule has 0 unspecified atom stereocenters. The first-order chi connectivity index (χ1) is 12.2. The number of ether oxygens (including phenoxy) is 1. The summed E-state index contributed by atoms with van der Waals surface area (Å²) in [6.07, 6.45) is 2.10. The van der Waals surface area contributed by atoms with E-state index in [0.717, 1.165) is 22.6 Å². The Kier molecular flexibility index (Phi) is 4.11. The van der Waals surface area contributed by atoms with Crippen molar-refractivity contribution in [3.8, 4) is 5.75 Å². The molecule has 0 aliphatic carbocycles. The molecule has 1 aliphatic rings. The van der Waals surface area contributed by atoms with Crippen LogP contribution in [0, 0.1) is 0 Å². The van der Waals surface area contributed by atoms with Crippen LogP contribution >= 0.6 is 11.6 Å². The third kappa shape index (κ3) is 3.08. The number of rotatable bonds is 4. The number of anilines is 1. The Labute approximate surface area is 150 Å². The number of nitrogens with one attached hydrogen (secondary N) is 1. The summed E-state index contributed by atoms with van der Waals surface area (Å²) in [7, 11) is 0. The van der Waals surface area contributed by atoms with Crippen LogP contribution in [-0.4, -0.2) is 26.8 Å². The smallest absolute Gasteiger partial charge is 0.248 e. The molecule has 2 aromatic carbocycles. The van der Waals surface area contributed by atoms with Crippen molar-refractivity contribution in [3.05, 3.63) is 70.8 Å². The number of hydrogen-bond donors (Lipinski definition) is 1. The van der Waals surface area contributed by atoms with E-state index in [9.17, 15) is 0 Å². The van der Waals surface area contributed by atoms with Crippen LogP contribution in [0.15, 0.2) is 54.6 Å². The van der Waals surface area contributed by atoms with Crippen molar-refractivity contribution in [2.24, 2.45) is 0 Å². The van der Waals surface area contributed by atoms with E-state index >= 15 is 0 Å². The highest BCUT2D eigenvalue weighted by molar-refractivity contribution is 6.30. The summed E-state index contributed by atoms with van der Waals surface area (Å²) in [6, 6.07) is 15.5. The van der Waals surface area contributed by atoms with Crippen molar-refractivity contribution in [3.63, 3.8) is 0 Å². The second-order valence-electron chi connectivity index (χ2n) is 5.61. The average molecular weight is 354 g/mol. The van der Waals surface area contributed by atoms with Crippen molar-refractivity contribution in [2.75, 3.05) is 11.9 Å². The number of allylic oxidation sites excluding steroid dienone is 1. The fraction of sp³-hybridized carbons (Fsp3) is 0.167. The van der Waals surface area contributed by atoms with Crippen LogP contribution in [0.25, 0.3) is 5.70 Å². The summed E-state index contributed by atoms with van der Waals surface area (Å²) < 4.78 is 7.26. The van der Waals surface area contributed by atoms with Crippen molar-refractivity contribution < 1.29 is 4.74 Å². The molecule has 0 amide bonds. The molecule has 0 fully saturated rings. The molecule has 0 radical (unpaired) electrons. The number of nitrogens with zero attached hydrogens (tertiary/aromatic N) is 4. The van der Waals surface area contributed by atoms with E-state index in [1.54, 1.807) is 4.68 Å². The zero-order valence-corrected chi connectivity index (χ0v) is 14.3. The van der Waals surface area contributed by atoms with E-state index < -0.39 is 0 Å². The zero-order chi connectivity index (χ0) is 17.2. The number of benzene rings is 2. The van der Waals surface area contributed by atoms with Crippen molar-refractivity contribution >= 4 is 23.2 Å². The Morgan fingerprint density at radius 2 is 1.88 bits per heavy atom. The van der Waals surface area contributed by atoms with E-state index in [0.29, 0.717) is 17.6 Å². The number of aromatic nitrogens is 4. The van der Waals surface area contributed by atoms with Crippen LogP contribution in [0.1, 0.15) is 24.1 Å². The van der Waals surface area contributed by atoms with Gasteiger partial charge in [-0.05, 0) is 71.0 Å². The summed E-state index contributed by atoms with van der Waals surface area (Å²) in [4.78, 5) is 0. The molecular formula is C18H16ClN5O. The first-order valence-corrected chi connectivity index (χ1v) is 8.38. The van der Waals surface area contributed by atoms with Crippen molar-refractivity contribution in [1.82, 2.24) is 20.2 Å². The lowest BCUT2D eigenvalue weighted by molar-refractivity contribution is 0.340. The summed E-state index contributed by atoms with van der Waals surface area (Å²) in [5.41, 5.74) is 3.05. The Morgan fingerprint density at radius 1 is 1.12 bits per heavy atom. The molecule has 0 saturated carbocycles. The van der Waals surface area contributed by atoms with Gasteiger partial charge >= 0.3 is 0 Å². The normalized spacial score (nSPS) is 15.9. The van der Waals surface area contributed by atoms with Gasteiger partial charge in [0, 0.05) is 10.7 Å². The fourth-order valence-corrected chi connectivity index (χ4v) is 2.94. The van der Waals surface area contributed by atoms with Gasteiger partial charge in [0.15, 0.2) is 0 Å². The van der Waals surface area contributed by atoms with E-state index in [-0.39, 0.29) is 6.04 Å². The lowest BCUT2D eigenvalue weighted by Gasteiger charge is -2.23. The largest absolute Gasteiger partial charge is 0.494 e. The first kappa shape index (κ1) is 15.7. The van der Waals surface area contributed by atoms with Crippen LogP contribution in [0.3, 0.4) is 0 Å². The summed E-state index contributed by atoms with van der Waals surface area (Å²) >= 11 is 6.01. The highest BCUT2D eigenvalue weighted by Gasteiger charge is 2.24. The molecule has 1 aromatic heterocycles. The average Bonchev–Trinajstić information content (AvgIpc) is 3.11. The zero-order valence-electron chi connectivity index (χ0n) is 13.6. The van der Waals surface area contributed by atoms with Crippen molar-refractivity contribution in [2.45, 2.75) is 13.0 Å². The summed E-state index contributed by atoms with van der Waals surface area (Å²) in [5, 5.41) is 15.9. The van der Waals surface area contributed by atoms with Crippen molar-refractivity contribution in [1.29, 1.82) is 0 Å². The maximum atomic E-state index is 6.01. The van der Waals surface area contributed by atoms with E-state index in [2.05, 4.69) is 26.9 Å². The molecule has 126 valence electrons.